The lowest BCUT2D eigenvalue weighted by Gasteiger charge is -2.25. The van der Waals surface area contributed by atoms with E-state index in [9.17, 15) is 4.79 Å². The fourth-order valence-corrected chi connectivity index (χ4v) is 2.55. The second-order valence-electron chi connectivity index (χ2n) is 5.19. The van der Waals surface area contributed by atoms with Crippen LogP contribution in [0.4, 0.5) is 0 Å². The molecule has 2 rings (SSSR count). The largest absolute Gasteiger partial charge is 0.493 e. The van der Waals surface area contributed by atoms with Crippen molar-refractivity contribution in [1.29, 1.82) is 0 Å². The first-order chi connectivity index (χ1) is 9.20. The van der Waals surface area contributed by atoms with E-state index in [0.29, 0.717) is 13.2 Å². The lowest BCUT2D eigenvalue weighted by Crippen LogP contribution is -2.34. The van der Waals surface area contributed by atoms with Gasteiger partial charge in [-0.3, -0.25) is 9.69 Å². The molecule has 0 N–H and O–H groups in total. The molecule has 0 bridgehead atoms. The molecule has 1 aliphatic heterocycles. The summed E-state index contributed by atoms with van der Waals surface area (Å²) in [6, 6.07) is 5.84. The molecule has 1 aromatic rings. The van der Waals surface area contributed by atoms with E-state index in [4.69, 9.17) is 4.74 Å². The number of hydrogen-bond acceptors (Lipinski definition) is 3. The van der Waals surface area contributed by atoms with Gasteiger partial charge in [-0.2, -0.15) is 0 Å². The topological polar surface area (TPSA) is 29.5 Å². The van der Waals surface area contributed by atoms with E-state index >= 15 is 0 Å². The van der Waals surface area contributed by atoms with Gasteiger partial charge in [0.25, 0.3) is 0 Å². The first-order valence-corrected chi connectivity index (χ1v) is 7.19. The van der Waals surface area contributed by atoms with E-state index in [0.717, 1.165) is 30.0 Å². The Balaban J connectivity index is 2.10. The number of piperidine rings is 1. The second-order valence-corrected chi connectivity index (χ2v) is 5.19. The third-order valence-electron chi connectivity index (χ3n) is 3.55. The number of carbonyl (C=O) groups excluding carboxylic acids is 1. The lowest BCUT2D eigenvalue weighted by atomic mass is 10.0. The SMILES string of the molecule is CCOc1ccc(C)cc1C(=O)CN1CCCCC1. The number of likely N-dealkylation sites (tertiary alicyclic amines) is 1. The molecule has 0 saturated carbocycles. The number of carbonyl (C=O) groups is 1. The van der Waals surface area contributed by atoms with E-state index in [-0.39, 0.29) is 5.78 Å². The van der Waals surface area contributed by atoms with Crippen LogP contribution in [0.2, 0.25) is 0 Å². The highest BCUT2D eigenvalue weighted by molar-refractivity contribution is 6.00. The molecule has 1 aromatic carbocycles. The van der Waals surface area contributed by atoms with Crippen LogP contribution in [0, 0.1) is 6.92 Å². The van der Waals surface area contributed by atoms with E-state index in [1.165, 1.54) is 19.3 Å². The Hall–Kier alpha value is -1.35. The van der Waals surface area contributed by atoms with Crippen LogP contribution >= 0.6 is 0 Å². The average Bonchev–Trinajstić information content (AvgIpc) is 2.42. The number of aryl methyl sites for hydroxylation is 1. The van der Waals surface area contributed by atoms with E-state index < -0.39 is 0 Å². The minimum Gasteiger partial charge on any atom is -0.493 e. The first-order valence-electron chi connectivity index (χ1n) is 7.19. The van der Waals surface area contributed by atoms with E-state index in [2.05, 4.69) is 4.90 Å². The molecule has 1 fully saturated rings. The normalized spacial score (nSPS) is 16.3. The Morgan fingerprint density at radius 1 is 1.26 bits per heavy atom. The van der Waals surface area contributed by atoms with Gasteiger partial charge >= 0.3 is 0 Å². The van der Waals surface area contributed by atoms with Gasteiger partial charge in [0.1, 0.15) is 5.75 Å². The van der Waals surface area contributed by atoms with Crippen LogP contribution in [-0.4, -0.2) is 36.9 Å². The van der Waals surface area contributed by atoms with Crippen molar-refractivity contribution in [2.24, 2.45) is 0 Å². The summed E-state index contributed by atoms with van der Waals surface area (Å²) in [6.45, 7) is 7.14. The zero-order chi connectivity index (χ0) is 13.7. The highest BCUT2D eigenvalue weighted by Gasteiger charge is 2.18. The molecule has 1 saturated heterocycles. The summed E-state index contributed by atoms with van der Waals surface area (Å²) >= 11 is 0. The highest BCUT2D eigenvalue weighted by atomic mass is 16.5. The van der Waals surface area contributed by atoms with Crippen molar-refractivity contribution in [2.75, 3.05) is 26.2 Å². The number of ketones is 1. The molecular weight excluding hydrogens is 238 g/mol. The molecule has 104 valence electrons. The third kappa shape index (κ3) is 3.80. The average molecular weight is 261 g/mol. The standard InChI is InChI=1S/C16H23NO2/c1-3-19-16-8-7-13(2)11-14(16)15(18)12-17-9-5-4-6-10-17/h7-8,11H,3-6,9-10,12H2,1-2H3. The van der Waals surface area contributed by atoms with Crippen LogP contribution in [0.15, 0.2) is 18.2 Å². The molecule has 19 heavy (non-hydrogen) atoms. The van der Waals surface area contributed by atoms with Crippen molar-refractivity contribution in [3.05, 3.63) is 29.3 Å². The summed E-state index contributed by atoms with van der Waals surface area (Å²) in [5.74, 6) is 0.893. The summed E-state index contributed by atoms with van der Waals surface area (Å²) in [5.41, 5.74) is 1.83. The van der Waals surface area contributed by atoms with Gasteiger partial charge in [0, 0.05) is 0 Å². The van der Waals surface area contributed by atoms with Crippen molar-refractivity contribution in [3.63, 3.8) is 0 Å². The summed E-state index contributed by atoms with van der Waals surface area (Å²) in [6.07, 6.45) is 3.71. The third-order valence-corrected chi connectivity index (χ3v) is 3.55. The van der Waals surface area contributed by atoms with Gasteiger partial charge in [-0.1, -0.05) is 18.1 Å². The van der Waals surface area contributed by atoms with Gasteiger partial charge in [-0.15, -0.1) is 0 Å². The van der Waals surface area contributed by atoms with Crippen LogP contribution in [0.3, 0.4) is 0 Å². The lowest BCUT2D eigenvalue weighted by molar-refractivity contribution is 0.0912. The van der Waals surface area contributed by atoms with Gasteiger partial charge in [0.15, 0.2) is 5.78 Å². The molecule has 0 atom stereocenters. The molecule has 0 unspecified atom stereocenters. The van der Waals surface area contributed by atoms with E-state index in [1.54, 1.807) is 0 Å². The van der Waals surface area contributed by atoms with E-state index in [1.807, 2.05) is 32.0 Å². The summed E-state index contributed by atoms with van der Waals surface area (Å²) in [5, 5.41) is 0. The predicted molar refractivity (Wildman–Crippen MR) is 77.0 cm³/mol. The monoisotopic (exact) mass is 261 g/mol. The van der Waals surface area contributed by atoms with Gasteiger partial charge < -0.3 is 4.74 Å². The molecule has 0 spiro atoms. The summed E-state index contributed by atoms with van der Waals surface area (Å²) < 4.78 is 5.56. The van der Waals surface area contributed by atoms with Gasteiger partial charge in [-0.25, -0.2) is 0 Å². The zero-order valence-electron chi connectivity index (χ0n) is 11.9. The molecule has 0 amide bonds. The maximum atomic E-state index is 12.4. The minimum absolute atomic E-state index is 0.175. The second kappa shape index (κ2) is 6.71. The van der Waals surface area contributed by atoms with Crippen molar-refractivity contribution < 1.29 is 9.53 Å². The molecule has 0 aliphatic carbocycles. The van der Waals surface area contributed by atoms with Crippen LogP contribution in [0.1, 0.15) is 42.1 Å². The fourth-order valence-electron chi connectivity index (χ4n) is 2.55. The van der Waals surface area contributed by atoms with Crippen molar-refractivity contribution in [2.45, 2.75) is 33.1 Å². The number of rotatable bonds is 5. The molecule has 0 radical (unpaired) electrons. The Bertz CT molecular complexity index is 436. The van der Waals surface area contributed by atoms with Crippen molar-refractivity contribution in [1.82, 2.24) is 4.90 Å². The van der Waals surface area contributed by atoms with Crippen LogP contribution in [-0.2, 0) is 0 Å². The number of Topliss-reactive ketones (excluding diaryl/α,β-unsaturated/α-hetero) is 1. The number of ether oxygens (including phenoxy) is 1. The summed E-state index contributed by atoms with van der Waals surface area (Å²) in [7, 11) is 0. The maximum absolute atomic E-state index is 12.4. The minimum atomic E-state index is 0.175. The van der Waals surface area contributed by atoms with Gasteiger partial charge in [0.2, 0.25) is 0 Å². The number of benzene rings is 1. The highest BCUT2D eigenvalue weighted by Crippen LogP contribution is 2.21. The summed E-state index contributed by atoms with van der Waals surface area (Å²) in [4.78, 5) is 14.7. The van der Waals surface area contributed by atoms with Crippen molar-refractivity contribution >= 4 is 5.78 Å². The molecular formula is C16H23NO2. The molecule has 1 aliphatic rings. The zero-order valence-corrected chi connectivity index (χ0v) is 11.9. The van der Waals surface area contributed by atoms with Gasteiger partial charge in [-0.05, 0) is 51.9 Å². The molecule has 1 heterocycles. The Morgan fingerprint density at radius 2 is 2.00 bits per heavy atom. The molecule has 3 nitrogen and oxygen atoms in total. The molecule has 3 heteroatoms. The molecule has 0 aromatic heterocycles. The Labute approximate surface area is 115 Å². The smallest absolute Gasteiger partial charge is 0.180 e. The number of hydrogen-bond donors (Lipinski definition) is 0. The van der Waals surface area contributed by atoms with Crippen molar-refractivity contribution in [3.8, 4) is 5.75 Å². The number of nitrogens with zero attached hydrogens (tertiary/aromatic N) is 1. The van der Waals surface area contributed by atoms with Crippen LogP contribution < -0.4 is 4.74 Å². The predicted octanol–water partition coefficient (Wildman–Crippen LogP) is 3.06. The van der Waals surface area contributed by atoms with Crippen LogP contribution in [0.25, 0.3) is 0 Å². The Morgan fingerprint density at radius 3 is 2.68 bits per heavy atom. The van der Waals surface area contributed by atoms with Crippen LogP contribution in [0.5, 0.6) is 5.75 Å². The van der Waals surface area contributed by atoms with Gasteiger partial charge in [0.05, 0.1) is 18.7 Å². The quantitative estimate of drug-likeness (QED) is 0.763. The maximum Gasteiger partial charge on any atom is 0.180 e. The Kier molecular flexibility index (Phi) is 4.97. The fraction of sp³-hybridized carbons (Fsp3) is 0.562. The first kappa shape index (κ1) is 14.1.